The number of hydrogen-bond acceptors (Lipinski definition) is 5. The molecular weight excluding hydrogens is 381 g/mol. The summed E-state index contributed by atoms with van der Waals surface area (Å²) in [5.74, 6) is 0.582. The molecule has 0 radical (unpaired) electrons. The van der Waals surface area contributed by atoms with Crippen LogP contribution < -0.4 is 5.32 Å². The molecule has 1 aromatic carbocycles. The van der Waals surface area contributed by atoms with Gasteiger partial charge in [-0.3, -0.25) is 4.79 Å². The van der Waals surface area contributed by atoms with Crippen LogP contribution in [-0.4, -0.2) is 26.4 Å². The van der Waals surface area contributed by atoms with Crippen molar-refractivity contribution in [1.29, 1.82) is 0 Å². The van der Waals surface area contributed by atoms with Gasteiger partial charge < -0.3 is 14.3 Å². The van der Waals surface area contributed by atoms with E-state index >= 15 is 0 Å². The van der Waals surface area contributed by atoms with Crippen molar-refractivity contribution in [1.82, 2.24) is 14.8 Å². The Morgan fingerprint density at radius 3 is 2.67 bits per heavy atom. The van der Waals surface area contributed by atoms with Gasteiger partial charge in [0.2, 0.25) is 5.91 Å². The molecule has 3 aromatic rings. The predicted molar refractivity (Wildman–Crippen MR) is 94.2 cm³/mol. The molecule has 0 aliphatic carbocycles. The van der Waals surface area contributed by atoms with Gasteiger partial charge in [0.1, 0.15) is 5.76 Å². The normalized spacial score (nSPS) is 11.6. The second kappa shape index (κ2) is 7.47. The zero-order chi connectivity index (χ0) is 19.6. The van der Waals surface area contributed by atoms with E-state index in [0.29, 0.717) is 16.7 Å². The number of nitrogens with zero attached hydrogens (tertiary/aromatic N) is 3. The number of aromatic nitrogens is 3. The molecule has 27 heavy (non-hydrogen) atoms. The molecule has 0 atom stereocenters. The van der Waals surface area contributed by atoms with Gasteiger partial charge in [0.15, 0.2) is 11.0 Å². The van der Waals surface area contributed by atoms with Crippen LogP contribution in [0.4, 0.5) is 18.9 Å². The van der Waals surface area contributed by atoms with Crippen molar-refractivity contribution in [3.8, 4) is 11.4 Å². The number of hydrogen-bond donors (Lipinski definition) is 1. The van der Waals surface area contributed by atoms with Gasteiger partial charge >= 0.3 is 6.18 Å². The van der Waals surface area contributed by atoms with Crippen LogP contribution in [0.2, 0.25) is 0 Å². The van der Waals surface area contributed by atoms with Crippen molar-refractivity contribution < 1.29 is 22.4 Å². The third-order valence-electron chi connectivity index (χ3n) is 3.77. The molecule has 142 valence electrons. The summed E-state index contributed by atoms with van der Waals surface area (Å²) in [4.78, 5) is 12.1. The molecule has 3 rings (SSSR count). The Balaban J connectivity index is 1.68. The lowest BCUT2D eigenvalue weighted by molar-refractivity contribution is -0.137. The van der Waals surface area contributed by atoms with Crippen molar-refractivity contribution >= 4 is 23.4 Å². The zero-order valence-electron chi connectivity index (χ0n) is 14.4. The Labute approximate surface area is 156 Å². The van der Waals surface area contributed by atoms with Crippen LogP contribution in [0, 0.1) is 6.92 Å². The summed E-state index contributed by atoms with van der Waals surface area (Å²) in [6, 6.07) is 6.60. The van der Waals surface area contributed by atoms with Gasteiger partial charge in [-0.05, 0) is 25.1 Å². The van der Waals surface area contributed by atoms with Gasteiger partial charge in [0.05, 0.1) is 28.8 Å². The van der Waals surface area contributed by atoms with Gasteiger partial charge in [-0.25, -0.2) is 0 Å². The minimum absolute atomic E-state index is 0.109. The number of aryl methyl sites for hydroxylation is 1. The van der Waals surface area contributed by atoms with Crippen LogP contribution in [0.25, 0.3) is 11.4 Å². The molecule has 0 bridgehead atoms. The Morgan fingerprint density at radius 2 is 2.00 bits per heavy atom. The summed E-state index contributed by atoms with van der Waals surface area (Å²) in [6.45, 7) is 1.79. The van der Waals surface area contributed by atoms with E-state index < -0.39 is 17.6 Å². The van der Waals surface area contributed by atoms with Crippen molar-refractivity contribution in [2.24, 2.45) is 7.05 Å². The highest BCUT2D eigenvalue weighted by molar-refractivity contribution is 7.99. The van der Waals surface area contributed by atoms with Crippen LogP contribution >= 0.6 is 11.8 Å². The molecule has 2 aromatic heterocycles. The summed E-state index contributed by atoms with van der Waals surface area (Å²) in [5, 5.41) is 10.9. The number of anilines is 1. The number of benzene rings is 1. The fourth-order valence-corrected chi connectivity index (χ4v) is 3.16. The number of carbonyl (C=O) groups is 1. The molecule has 0 saturated heterocycles. The average Bonchev–Trinajstić information content (AvgIpc) is 3.18. The topological polar surface area (TPSA) is 72.9 Å². The van der Waals surface area contributed by atoms with Crippen molar-refractivity contribution in [2.45, 2.75) is 18.3 Å². The van der Waals surface area contributed by atoms with Crippen molar-refractivity contribution in [3.05, 3.63) is 47.9 Å². The predicted octanol–water partition coefficient (Wildman–Crippen LogP) is 4.13. The summed E-state index contributed by atoms with van der Waals surface area (Å²) >= 11 is 1.08. The third-order valence-corrected chi connectivity index (χ3v) is 4.79. The summed E-state index contributed by atoms with van der Waals surface area (Å²) < 4.78 is 45.9. The Kier molecular flexibility index (Phi) is 5.26. The molecule has 1 amide bonds. The molecular formula is C17H15F3N4O2S. The lowest BCUT2D eigenvalue weighted by Crippen LogP contribution is -2.18. The highest BCUT2D eigenvalue weighted by Crippen LogP contribution is 2.34. The fourth-order valence-electron chi connectivity index (χ4n) is 2.45. The molecule has 10 heteroatoms. The van der Waals surface area contributed by atoms with Gasteiger partial charge in [-0.1, -0.05) is 23.9 Å². The van der Waals surface area contributed by atoms with Gasteiger partial charge in [-0.2, -0.15) is 13.2 Å². The molecule has 6 nitrogen and oxygen atoms in total. The first-order chi connectivity index (χ1) is 12.8. The Morgan fingerprint density at radius 1 is 1.26 bits per heavy atom. The van der Waals surface area contributed by atoms with E-state index in [1.807, 2.05) is 0 Å². The standard InChI is InChI=1S/C17H15F3N4O2S/c1-10-11(7-8-26-10)15-22-23-16(24(15)2)27-9-14(25)21-13-6-4-3-5-12(13)17(18,19)20/h3-8H,9H2,1-2H3,(H,21,25). The second-order valence-corrected chi connectivity index (χ2v) is 6.58. The van der Waals surface area contributed by atoms with Gasteiger partial charge in [0.25, 0.3) is 0 Å². The Bertz CT molecular complexity index is 965. The maximum absolute atomic E-state index is 13.0. The minimum atomic E-state index is -4.54. The second-order valence-electron chi connectivity index (χ2n) is 5.64. The third kappa shape index (κ3) is 4.16. The zero-order valence-corrected chi connectivity index (χ0v) is 15.2. The van der Waals surface area contributed by atoms with Gasteiger partial charge in [-0.15, -0.1) is 10.2 Å². The number of furan rings is 1. The van der Waals surface area contributed by atoms with Crippen LogP contribution in [0.5, 0.6) is 0 Å². The van der Waals surface area contributed by atoms with E-state index in [4.69, 9.17) is 4.42 Å². The maximum atomic E-state index is 13.0. The molecule has 0 saturated carbocycles. The molecule has 0 spiro atoms. The van der Waals surface area contributed by atoms with Gasteiger partial charge in [0, 0.05) is 7.05 Å². The quantitative estimate of drug-likeness (QED) is 0.657. The molecule has 0 aliphatic heterocycles. The van der Waals surface area contributed by atoms with E-state index in [1.54, 1.807) is 24.6 Å². The van der Waals surface area contributed by atoms with Crippen molar-refractivity contribution in [3.63, 3.8) is 0 Å². The minimum Gasteiger partial charge on any atom is -0.469 e. The maximum Gasteiger partial charge on any atom is 0.418 e. The van der Waals surface area contributed by atoms with Crippen molar-refractivity contribution in [2.75, 3.05) is 11.1 Å². The SMILES string of the molecule is Cc1occc1-c1nnc(SCC(=O)Nc2ccccc2C(F)(F)F)n1C. The number of halogens is 3. The first-order valence-corrected chi connectivity index (χ1v) is 8.78. The summed E-state index contributed by atoms with van der Waals surface area (Å²) in [6.07, 6.45) is -3.00. The van der Waals surface area contributed by atoms with Crippen LogP contribution in [-0.2, 0) is 18.0 Å². The molecule has 2 heterocycles. The van der Waals surface area contributed by atoms with E-state index in [-0.39, 0.29) is 11.4 Å². The Hall–Kier alpha value is -2.75. The van der Waals surface area contributed by atoms with E-state index in [9.17, 15) is 18.0 Å². The van der Waals surface area contributed by atoms with Crippen LogP contribution in [0.3, 0.4) is 0 Å². The number of carbonyl (C=O) groups excluding carboxylic acids is 1. The van der Waals surface area contributed by atoms with E-state index in [1.165, 1.54) is 24.5 Å². The first kappa shape index (κ1) is 19.0. The van der Waals surface area contributed by atoms with E-state index in [2.05, 4.69) is 15.5 Å². The molecule has 0 fully saturated rings. The number of nitrogens with one attached hydrogen (secondary N) is 1. The monoisotopic (exact) mass is 396 g/mol. The highest BCUT2D eigenvalue weighted by atomic mass is 32.2. The number of alkyl halides is 3. The first-order valence-electron chi connectivity index (χ1n) is 7.80. The number of amides is 1. The van der Waals surface area contributed by atoms with Crippen LogP contribution in [0.1, 0.15) is 11.3 Å². The number of rotatable bonds is 5. The molecule has 0 aliphatic rings. The molecule has 1 N–H and O–H groups in total. The lowest BCUT2D eigenvalue weighted by Gasteiger charge is -2.13. The largest absolute Gasteiger partial charge is 0.469 e. The summed E-state index contributed by atoms with van der Waals surface area (Å²) in [5.41, 5.74) is -0.386. The molecule has 0 unspecified atom stereocenters. The highest BCUT2D eigenvalue weighted by Gasteiger charge is 2.33. The average molecular weight is 396 g/mol. The van der Waals surface area contributed by atoms with Crippen LogP contribution in [0.15, 0.2) is 46.2 Å². The number of thioether (sulfide) groups is 1. The van der Waals surface area contributed by atoms with E-state index in [0.717, 1.165) is 23.4 Å². The smallest absolute Gasteiger partial charge is 0.418 e. The fraction of sp³-hybridized carbons (Fsp3) is 0.235. The lowest BCUT2D eigenvalue weighted by atomic mass is 10.1. The number of para-hydroxylation sites is 1. The summed E-state index contributed by atoms with van der Waals surface area (Å²) in [7, 11) is 1.74.